The summed E-state index contributed by atoms with van der Waals surface area (Å²) in [5.41, 5.74) is 0. The molecular formula is C50H102NO7P. The summed E-state index contributed by atoms with van der Waals surface area (Å²) < 4.78 is 34.7. The summed E-state index contributed by atoms with van der Waals surface area (Å²) in [6.45, 7) is 5.49. The van der Waals surface area contributed by atoms with Gasteiger partial charge in [-0.25, -0.2) is 0 Å². The van der Waals surface area contributed by atoms with Crippen LogP contribution in [0.2, 0.25) is 0 Å². The van der Waals surface area contributed by atoms with Crippen LogP contribution < -0.4 is 4.89 Å². The first-order valence-electron chi connectivity index (χ1n) is 25.8. The Balaban J connectivity index is 4.04. The smallest absolute Gasteiger partial charge is 0.306 e. The molecule has 0 saturated carbocycles. The summed E-state index contributed by atoms with van der Waals surface area (Å²) in [5, 5.41) is 0. The van der Waals surface area contributed by atoms with Gasteiger partial charge in [-0.2, -0.15) is 0 Å². The third kappa shape index (κ3) is 48.4. The monoisotopic (exact) mass is 860 g/mol. The SMILES string of the molecule is CCCCCCCCCCCCCCCCCCCCCCCCCC(=O)O[C@H](COCCCCCCCCCCCCCCCC)COP(=O)([O-])OCC[N+](C)(C)C. The molecule has 0 aromatic rings. The summed E-state index contributed by atoms with van der Waals surface area (Å²) in [6, 6.07) is 0. The number of quaternary nitrogens is 1. The lowest BCUT2D eigenvalue weighted by molar-refractivity contribution is -0.870. The molecule has 0 aromatic heterocycles. The Morgan fingerprint density at radius 3 is 1.12 bits per heavy atom. The number of hydrogen-bond acceptors (Lipinski definition) is 7. The Morgan fingerprint density at radius 2 is 0.780 bits per heavy atom. The summed E-state index contributed by atoms with van der Waals surface area (Å²) >= 11 is 0. The molecule has 0 spiro atoms. The van der Waals surface area contributed by atoms with E-state index in [0.29, 0.717) is 24.1 Å². The molecule has 0 heterocycles. The molecule has 0 aliphatic rings. The molecule has 9 heteroatoms. The predicted molar refractivity (Wildman–Crippen MR) is 250 cm³/mol. The van der Waals surface area contributed by atoms with E-state index in [-0.39, 0.29) is 25.8 Å². The fraction of sp³-hybridized carbons (Fsp3) is 0.980. The molecule has 354 valence electrons. The Bertz CT molecular complexity index is 914. The van der Waals surface area contributed by atoms with E-state index in [4.69, 9.17) is 18.5 Å². The Morgan fingerprint density at radius 1 is 0.458 bits per heavy atom. The molecule has 0 bridgehead atoms. The van der Waals surface area contributed by atoms with Crippen molar-refractivity contribution >= 4 is 13.8 Å². The van der Waals surface area contributed by atoms with E-state index < -0.39 is 13.9 Å². The van der Waals surface area contributed by atoms with E-state index in [1.165, 1.54) is 205 Å². The molecule has 0 aromatic carbocycles. The predicted octanol–water partition coefficient (Wildman–Crippen LogP) is 15.0. The van der Waals surface area contributed by atoms with E-state index in [1.54, 1.807) is 0 Å². The maximum Gasteiger partial charge on any atom is 0.306 e. The number of phosphoric acid groups is 1. The van der Waals surface area contributed by atoms with Crippen LogP contribution >= 0.6 is 7.82 Å². The first-order valence-corrected chi connectivity index (χ1v) is 27.2. The van der Waals surface area contributed by atoms with E-state index >= 15 is 0 Å². The van der Waals surface area contributed by atoms with Gasteiger partial charge in [0.15, 0.2) is 0 Å². The molecule has 1 unspecified atom stereocenters. The zero-order valence-electron chi connectivity index (χ0n) is 40.2. The second-order valence-electron chi connectivity index (χ2n) is 18.9. The number of carbonyl (C=O) groups is 1. The Hall–Kier alpha value is -0.500. The molecule has 0 saturated heterocycles. The zero-order valence-corrected chi connectivity index (χ0v) is 41.1. The quantitative estimate of drug-likeness (QED) is 0.0260. The first kappa shape index (κ1) is 58.5. The molecule has 2 atom stereocenters. The highest BCUT2D eigenvalue weighted by atomic mass is 31.2. The number of likely N-dealkylation sites (N-methyl/N-ethyl adjacent to an activating group) is 1. The number of hydrogen-bond donors (Lipinski definition) is 0. The minimum Gasteiger partial charge on any atom is -0.756 e. The van der Waals surface area contributed by atoms with Gasteiger partial charge in [-0.1, -0.05) is 239 Å². The highest BCUT2D eigenvalue weighted by Crippen LogP contribution is 2.38. The van der Waals surface area contributed by atoms with E-state index in [1.807, 2.05) is 21.1 Å². The van der Waals surface area contributed by atoms with Crippen LogP contribution in [0.3, 0.4) is 0 Å². The van der Waals surface area contributed by atoms with Crippen LogP contribution in [0.5, 0.6) is 0 Å². The van der Waals surface area contributed by atoms with Crippen LogP contribution in [0.25, 0.3) is 0 Å². The minimum absolute atomic E-state index is 0.0316. The number of nitrogens with zero attached hydrogens (tertiary/aromatic N) is 1. The number of rotatable bonds is 49. The number of phosphoric ester groups is 1. The molecule has 0 aliphatic carbocycles. The van der Waals surface area contributed by atoms with Crippen LogP contribution in [0.15, 0.2) is 0 Å². The maximum atomic E-state index is 12.7. The van der Waals surface area contributed by atoms with Crippen LogP contribution in [-0.4, -0.2) is 70.7 Å². The van der Waals surface area contributed by atoms with Crippen molar-refractivity contribution in [3.8, 4) is 0 Å². The van der Waals surface area contributed by atoms with Crippen LogP contribution in [0, 0.1) is 0 Å². The molecule has 0 rings (SSSR count). The molecule has 0 fully saturated rings. The van der Waals surface area contributed by atoms with E-state index in [0.717, 1.165) is 32.1 Å². The van der Waals surface area contributed by atoms with Crippen molar-refractivity contribution in [2.45, 2.75) is 264 Å². The fourth-order valence-electron chi connectivity index (χ4n) is 7.67. The third-order valence-corrected chi connectivity index (χ3v) is 12.6. The summed E-state index contributed by atoms with van der Waals surface area (Å²) in [7, 11) is 1.38. The van der Waals surface area contributed by atoms with Gasteiger partial charge in [-0.05, 0) is 12.8 Å². The van der Waals surface area contributed by atoms with Gasteiger partial charge < -0.3 is 27.9 Å². The average Bonchev–Trinajstić information content (AvgIpc) is 3.19. The molecule has 0 amide bonds. The lowest BCUT2D eigenvalue weighted by Crippen LogP contribution is -2.37. The zero-order chi connectivity index (χ0) is 43.4. The van der Waals surface area contributed by atoms with Crippen molar-refractivity contribution < 1.29 is 37.3 Å². The van der Waals surface area contributed by atoms with Gasteiger partial charge in [-0.3, -0.25) is 9.36 Å². The Labute approximate surface area is 368 Å². The third-order valence-electron chi connectivity index (χ3n) is 11.7. The van der Waals surface area contributed by atoms with Gasteiger partial charge in [0.25, 0.3) is 7.82 Å². The second kappa shape index (κ2) is 44.1. The van der Waals surface area contributed by atoms with Gasteiger partial charge >= 0.3 is 5.97 Å². The van der Waals surface area contributed by atoms with E-state index in [9.17, 15) is 14.3 Å². The number of carbonyl (C=O) groups excluding carboxylic acids is 1. The number of ether oxygens (including phenoxy) is 2. The molecule has 59 heavy (non-hydrogen) atoms. The lowest BCUT2D eigenvalue weighted by atomic mass is 10.0. The summed E-state index contributed by atoms with van der Waals surface area (Å²) in [5.74, 6) is -0.325. The van der Waals surface area contributed by atoms with Crippen molar-refractivity contribution in [1.82, 2.24) is 0 Å². The maximum absolute atomic E-state index is 12.7. The minimum atomic E-state index is -4.52. The summed E-state index contributed by atoms with van der Waals surface area (Å²) in [4.78, 5) is 25.1. The second-order valence-corrected chi connectivity index (χ2v) is 20.3. The first-order chi connectivity index (χ1) is 28.6. The lowest BCUT2D eigenvalue weighted by Gasteiger charge is -2.28. The van der Waals surface area contributed by atoms with Gasteiger partial charge in [0.1, 0.15) is 19.3 Å². The number of esters is 1. The van der Waals surface area contributed by atoms with Crippen molar-refractivity contribution in [1.29, 1.82) is 0 Å². The molecule has 0 radical (unpaired) electrons. The van der Waals surface area contributed by atoms with Crippen molar-refractivity contribution in [3.05, 3.63) is 0 Å². The van der Waals surface area contributed by atoms with Crippen molar-refractivity contribution in [2.24, 2.45) is 0 Å². The topological polar surface area (TPSA) is 94.1 Å². The standard InChI is InChI=1S/C50H102NO7P/c1-6-8-10-12-14-16-18-20-22-23-24-25-26-27-28-29-30-31-33-35-37-39-41-43-50(52)58-49(48-57-59(53,54)56-46-44-51(3,4)5)47-55-45-42-40-38-36-34-32-21-19-17-15-13-11-9-7-2/h49H,6-48H2,1-5H3/t49-/m1/s1. The van der Waals surface area contributed by atoms with E-state index in [2.05, 4.69) is 13.8 Å². The Kier molecular flexibility index (Phi) is 43.7. The van der Waals surface area contributed by atoms with Gasteiger partial charge in [-0.15, -0.1) is 0 Å². The van der Waals surface area contributed by atoms with Crippen molar-refractivity contribution in [2.75, 3.05) is 54.1 Å². The molecule has 0 aliphatic heterocycles. The van der Waals surface area contributed by atoms with Gasteiger partial charge in [0, 0.05) is 13.0 Å². The highest BCUT2D eigenvalue weighted by molar-refractivity contribution is 7.45. The van der Waals surface area contributed by atoms with Crippen LogP contribution in [0.4, 0.5) is 0 Å². The normalized spacial score (nSPS) is 13.5. The summed E-state index contributed by atoms with van der Waals surface area (Å²) in [6.07, 6.45) is 48.4. The molecular weight excluding hydrogens is 758 g/mol. The van der Waals surface area contributed by atoms with Crippen LogP contribution in [0.1, 0.15) is 258 Å². The molecule has 0 N–H and O–H groups in total. The molecule has 8 nitrogen and oxygen atoms in total. The van der Waals surface area contributed by atoms with Crippen LogP contribution in [-0.2, 0) is 27.9 Å². The average molecular weight is 860 g/mol. The largest absolute Gasteiger partial charge is 0.756 e. The van der Waals surface area contributed by atoms with Gasteiger partial charge in [0.2, 0.25) is 0 Å². The number of unbranched alkanes of at least 4 members (excludes halogenated alkanes) is 35. The highest BCUT2D eigenvalue weighted by Gasteiger charge is 2.20. The fourth-order valence-corrected chi connectivity index (χ4v) is 8.40. The van der Waals surface area contributed by atoms with Gasteiger partial charge in [0.05, 0.1) is 34.4 Å². The van der Waals surface area contributed by atoms with Crippen molar-refractivity contribution in [3.63, 3.8) is 0 Å².